The number of aliphatic carboxylic acids is 1. The van der Waals surface area contributed by atoms with Crippen LogP contribution in [-0.4, -0.2) is 22.6 Å². The normalized spacial score (nSPS) is 43.9. The highest BCUT2D eigenvalue weighted by atomic mass is 16.6. The molecule has 4 nitrogen and oxygen atoms in total. The summed E-state index contributed by atoms with van der Waals surface area (Å²) in [4.78, 5) is 22.1. The van der Waals surface area contributed by atoms with Crippen LogP contribution in [0.4, 0.5) is 0 Å². The third-order valence-corrected chi connectivity index (χ3v) is 4.35. The van der Waals surface area contributed by atoms with Crippen molar-refractivity contribution in [2.24, 2.45) is 11.3 Å². The van der Waals surface area contributed by atoms with E-state index in [-0.39, 0.29) is 23.7 Å². The van der Waals surface area contributed by atoms with Crippen molar-refractivity contribution >= 4 is 11.9 Å². The maximum Gasteiger partial charge on any atom is 0.307 e. The third kappa shape index (κ3) is 1.34. The molecule has 1 aliphatic heterocycles. The summed E-state index contributed by atoms with van der Waals surface area (Å²) < 4.78 is 5.36. The predicted molar refractivity (Wildman–Crippen MR) is 52.2 cm³/mol. The first-order valence-electron chi connectivity index (χ1n) is 5.31. The Labute approximate surface area is 88.6 Å². The molecule has 1 aliphatic carbocycles. The molecule has 0 amide bonds. The Kier molecular flexibility index (Phi) is 2.07. The summed E-state index contributed by atoms with van der Waals surface area (Å²) in [5.74, 6) is -0.911. The van der Waals surface area contributed by atoms with Crippen LogP contribution in [0.5, 0.6) is 0 Å². The topological polar surface area (TPSA) is 63.6 Å². The van der Waals surface area contributed by atoms with Crippen LogP contribution >= 0.6 is 0 Å². The van der Waals surface area contributed by atoms with Gasteiger partial charge in [-0.1, -0.05) is 6.92 Å². The number of carbonyl (C=O) groups is 2. The van der Waals surface area contributed by atoms with Gasteiger partial charge in [-0.25, -0.2) is 0 Å². The zero-order chi connectivity index (χ0) is 11.3. The monoisotopic (exact) mass is 212 g/mol. The van der Waals surface area contributed by atoms with Gasteiger partial charge in [-0.05, 0) is 25.7 Å². The highest BCUT2D eigenvalue weighted by Crippen LogP contribution is 2.59. The summed E-state index contributed by atoms with van der Waals surface area (Å²) in [6.45, 7) is 3.91. The molecule has 2 rings (SSSR count). The summed E-state index contributed by atoms with van der Waals surface area (Å²) >= 11 is 0. The van der Waals surface area contributed by atoms with Crippen molar-refractivity contribution in [1.29, 1.82) is 0 Å². The largest absolute Gasteiger partial charge is 0.481 e. The van der Waals surface area contributed by atoms with E-state index in [1.165, 1.54) is 0 Å². The van der Waals surface area contributed by atoms with Crippen molar-refractivity contribution in [3.8, 4) is 0 Å². The fourth-order valence-corrected chi connectivity index (χ4v) is 3.11. The van der Waals surface area contributed by atoms with E-state index in [2.05, 4.69) is 0 Å². The minimum Gasteiger partial charge on any atom is -0.481 e. The molecular formula is C11H16O4. The van der Waals surface area contributed by atoms with Crippen LogP contribution in [0.1, 0.15) is 39.5 Å². The Morgan fingerprint density at radius 3 is 2.87 bits per heavy atom. The SMILES string of the molecule is CC12CCC(CC(=O)O)C1(C)CC(=O)O2. The van der Waals surface area contributed by atoms with Crippen LogP contribution in [0.15, 0.2) is 0 Å². The molecular weight excluding hydrogens is 196 g/mol. The lowest BCUT2D eigenvalue weighted by molar-refractivity contribution is -0.148. The lowest BCUT2D eigenvalue weighted by Crippen LogP contribution is -2.39. The van der Waals surface area contributed by atoms with Gasteiger partial charge in [-0.15, -0.1) is 0 Å². The summed E-state index contributed by atoms with van der Waals surface area (Å²) in [6, 6.07) is 0. The Morgan fingerprint density at radius 2 is 2.27 bits per heavy atom. The van der Waals surface area contributed by atoms with Gasteiger partial charge in [0.1, 0.15) is 5.60 Å². The highest BCUT2D eigenvalue weighted by molar-refractivity contribution is 5.75. The molecule has 2 fully saturated rings. The first-order chi connectivity index (χ1) is 6.87. The maximum absolute atomic E-state index is 11.3. The van der Waals surface area contributed by atoms with Gasteiger partial charge >= 0.3 is 11.9 Å². The van der Waals surface area contributed by atoms with Gasteiger partial charge in [0.05, 0.1) is 6.42 Å². The van der Waals surface area contributed by atoms with Crippen LogP contribution < -0.4 is 0 Å². The first-order valence-corrected chi connectivity index (χ1v) is 5.31. The van der Waals surface area contributed by atoms with E-state index in [0.717, 1.165) is 12.8 Å². The molecule has 1 saturated heterocycles. The van der Waals surface area contributed by atoms with Crippen molar-refractivity contribution in [3.05, 3.63) is 0 Å². The Balaban J connectivity index is 2.25. The average molecular weight is 212 g/mol. The minimum atomic E-state index is -0.787. The summed E-state index contributed by atoms with van der Waals surface area (Å²) in [7, 11) is 0. The molecule has 15 heavy (non-hydrogen) atoms. The standard InChI is InChI=1S/C11H16O4/c1-10-6-9(14)15-11(10,2)4-3-7(10)5-8(12)13/h7H,3-6H2,1-2H3,(H,12,13). The molecule has 84 valence electrons. The van der Waals surface area contributed by atoms with Crippen LogP contribution in [0.2, 0.25) is 0 Å². The van der Waals surface area contributed by atoms with E-state index < -0.39 is 11.6 Å². The number of hydrogen-bond donors (Lipinski definition) is 1. The first kappa shape index (κ1) is 10.5. The Hall–Kier alpha value is -1.06. The number of carboxylic acid groups (broad SMARTS) is 1. The fraction of sp³-hybridized carbons (Fsp3) is 0.818. The zero-order valence-electron chi connectivity index (χ0n) is 9.08. The second kappa shape index (κ2) is 2.97. The molecule has 1 N–H and O–H groups in total. The Morgan fingerprint density at radius 1 is 1.60 bits per heavy atom. The number of esters is 1. The van der Waals surface area contributed by atoms with Gasteiger partial charge < -0.3 is 9.84 Å². The van der Waals surface area contributed by atoms with Gasteiger partial charge in [0, 0.05) is 11.8 Å². The number of rotatable bonds is 2. The number of carboxylic acids is 1. The molecule has 1 saturated carbocycles. The predicted octanol–water partition coefficient (Wildman–Crippen LogP) is 1.58. The highest BCUT2D eigenvalue weighted by Gasteiger charge is 2.62. The minimum absolute atomic E-state index is 0.0615. The van der Waals surface area contributed by atoms with Gasteiger partial charge in [0.2, 0.25) is 0 Å². The van der Waals surface area contributed by atoms with Crippen LogP contribution in [0, 0.1) is 11.3 Å². The molecule has 3 atom stereocenters. The molecule has 3 unspecified atom stereocenters. The van der Waals surface area contributed by atoms with Gasteiger partial charge in [0.15, 0.2) is 0 Å². The number of fused-ring (bicyclic) bond motifs is 1. The van der Waals surface area contributed by atoms with Gasteiger partial charge in [-0.2, -0.15) is 0 Å². The molecule has 2 aliphatic rings. The number of carbonyl (C=O) groups excluding carboxylic acids is 1. The number of hydrogen-bond acceptors (Lipinski definition) is 3. The van der Waals surface area contributed by atoms with E-state index >= 15 is 0 Å². The second-order valence-corrected chi connectivity index (χ2v) is 5.13. The Bertz CT molecular complexity index is 325. The van der Waals surface area contributed by atoms with E-state index in [9.17, 15) is 9.59 Å². The summed E-state index contributed by atoms with van der Waals surface area (Å²) in [5.41, 5.74) is -0.729. The summed E-state index contributed by atoms with van der Waals surface area (Å²) in [5, 5.41) is 8.83. The van der Waals surface area contributed by atoms with Crippen molar-refractivity contribution in [2.45, 2.75) is 45.1 Å². The van der Waals surface area contributed by atoms with Crippen LogP contribution in [-0.2, 0) is 14.3 Å². The molecule has 0 aromatic heterocycles. The molecule has 0 radical (unpaired) electrons. The summed E-state index contributed by atoms with van der Waals surface area (Å²) in [6.07, 6.45) is 2.13. The number of ether oxygens (including phenoxy) is 1. The van der Waals surface area contributed by atoms with Crippen molar-refractivity contribution in [2.75, 3.05) is 0 Å². The fourth-order valence-electron chi connectivity index (χ4n) is 3.11. The smallest absolute Gasteiger partial charge is 0.307 e. The molecule has 0 aromatic rings. The lowest BCUT2D eigenvalue weighted by Gasteiger charge is -2.35. The van der Waals surface area contributed by atoms with Crippen LogP contribution in [0.3, 0.4) is 0 Å². The van der Waals surface area contributed by atoms with Gasteiger partial charge in [0.25, 0.3) is 0 Å². The maximum atomic E-state index is 11.3. The average Bonchev–Trinajstić information content (AvgIpc) is 2.42. The zero-order valence-corrected chi connectivity index (χ0v) is 9.08. The van der Waals surface area contributed by atoms with Crippen molar-refractivity contribution in [3.63, 3.8) is 0 Å². The van der Waals surface area contributed by atoms with Gasteiger partial charge in [-0.3, -0.25) is 9.59 Å². The van der Waals surface area contributed by atoms with E-state index in [4.69, 9.17) is 9.84 Å². The molecule has 0 aromatic carbocycles. The van der Waals surface area contributed by atoms with Crippen molar-refractivity contribution in [1.82, 2.24) is 0 Å². The van der Waals surface area contributed by atoms with E-state index in [1.807, 2.05) is 13.8 Å². The molecule has 4 heteroatoms. The second-order valence-electron chi connectivity index (χ2n) is 5.13. The van der Waals surface area contributed by atoms with E-state index in [1.54, 1.807) is 0 Å². The third-order valence-electron chi connectivity index (χ3n) is 4.35. The lowest BCUT2D eigenvalue weighted by atomic mass is 9.70. The molecule has 1 heterocycles. The molecule has 0 spiro atoms. The quantitative estimate of drug-likeness (QED) is 0.706. The van der Waals surface area contributed by atoms with E-state index in [0.29, 0.717) is 6.42 Å². The molecule has 0 bridgehead atoms. The van der Waals surface area contributed by atoms with Crippen molar-refractivity contribution < 1.29 is 19.4 Å². The van der Waals surface area contributed by atoms with Crippen LogP contribution in [0.25, 0.3) is 0 Å².